The Bertz CT molecular complexity index is 3330. The van der Waals surface area contributed by atoms with Crippen molar-refractivity contribution in [1.29, 1.82) is 0 Å². The van der Waals surface area contributed by atoms with E-state index in [9.17, 15) is 5.53 Å². The monoisotopic (exact) mass is 1170 g/mol. The molecule has 0 N–H and O–H groups in total. The molecule has 0 unspecified atom stereocenters. The van der Waals surface area contributed by atoms with Crippen molar-refractivity contribution in [3.63, 3.8) is 0 Å². The molecule has 450 valence electrons. The molecule has 2 fully saturated rings. The van der Waals surface area contributed by atoms with Gasteiger partial charge in [-0.05, 0) is 67.7 Å². The highest BCUT2D eigenvalue weighted by atomic mass is 16.7. The Morgan fingerprint density at radius 1 is 0.414 bits per heavy atom. The van der Waals surface area contributed by atoms with Crippen molar-refractivity contribution in [2.75, 3.05) is 27.4 Å². The second-order valence-electron chi connectivity index (χ2n) is 21.3. The van der Waals surface area contributed by atoms with Crippen LogP contribution in [-0.2, 0) is 93.6 Å². The number of benzene rings is 8. The summed E-state index contributed by atoms with van der Waals surface area (Å²) in [5.74, 6) is 1.27. The Labute approximate surface area is 509 Å². The molecule has 0 bridgehead atoms. The van der Waals surface area contributed by atoms with E-state index in [0.717, 1.165) is 50.1 Å². The van der Waals surface area contributed by atoms with E-state index in [1.165, 1.54) is 0 Å². The number of nitrogens with zero attached hydrogens (tertiary/aromatic N) is 3. The molecule has 8 aromatic carbocycles. The van der Waals surface area contributed by atoms with Crippen LogP contribution in [0.15, 0.2) is 242 Å². The Hall–Kier alpha value is -7.99. The standard InChI is InChI=1S/C72H75N3O12/c1-4-41-79-69-67(84-49-57-35-37-58(38-36-57)59-39-40-60(76-2)61(42-59)77-3)66(82-46-54-29-17-8-18-30-54)68(83-47-55-31-19-9-20-32-55)70(85-48-56-33-21-10-22-34-56)71(69)87-72-63(74-75-73)65(81-45-53-27-15-7-16-28-53)64(80-44-52-25-13-6-14-26-52)62(86-72)50-78-43-51-23-11-5-12-24-51/h4-40,42,62-72H,1,41,43-50H2,2-3H3/t62-,63-,64-,65-,66+,67-,68-,69-,70+,71+,72-/m1/s1. The Morgan fingerprint density at radius 3 is 1.20 bits per heavy atom. The summed E-state index contributed by atoms with van der Waals surface area (Å²) in [6.07, 6.45) is -7.98. The molecule has 15 nitrogen and oxygen atoms in total. The molecule has 2 aliphatic rings. The minimum atomic E-state index is -1.33. The van der Waals surface area contributed by atoms with Crippen LogP contribution < -0.4 is 9.47 Å². The number of ether oxygens (including phenoxy) is 12. The van der Waals surface area contributed by atoms with E-state index in [2.05, 4.69) is 16.6 Å². The van der Waals surface area contributed by atoms with Gasteiger partial charge >= 0.3 is 0 Å². The highest BCUT2D eigenvalue weighted by Crippen LogP contribution is 2.40. The van der Waals surface area contributed by atoms with Crippen molar-refractivity contribution >= 4 is 0 Å². The van der Waals surface area contributed by atoms with Crippen LogP contribution in [0.3, 0.4) is 0 Å². The lowest BCUT2D eigenvalue weighted by Crippen LogP contribution is -2.69. The molecule has 0 aromatic heterocycles. The van der Waals surface area contributed by atoms with E-state index in [0.29, 0.717) is 11.5 Å². The van der Waals surface area contributed by atoms with Gasteiger partial charge in [-0.2, -0.15) is 0 Å². The van der Waals surface area contributed by atoms with Crippen LogP contribution in [0.25, 0.3) is 21.6 Å². The third-order valence-electron chi connectivity index (χ3n) is 15.4. The maximum Gasteiger partial charge on any atom is 0.169 e. The van der Waals surface area contributed by atoms with Crippen LogP contribution in [0.4, 0.5) is 0 Å². The summed E-state index contributed by atoms with van der Waals surface area (Å²) in [4.78, 5) is 3.46. The average molecular weight is 1170 g/mol. The van der Waals surface area contributed by atoms with Crippen LogP contribution in [-0.4, -0.2) is 94.7 Å². The first-order valence-electron chi connectivity index (χ1n) is 29.4. The summed E-state index contributed by atoms with van der Waals surface area (Å²) in [6, 6.07) is 72.2. The van der Waals surface area contributed by atoms with Crippen LogP contribution in [0.5, 0.6) is 11.5 Å². The van der Waals surface area contributed by atoms with E-state index < -0.39 is 67.3 Å². The van der Waals surface area contributed by atoms with Gasteiger partial charge in [0.05, 0.1) is 73.7 Å². The van der Waals surface area contributed by atoms with Crippen molar-refractivity contribution in [2.45, 2.75) is 114 Å². The first-order chi connectivity index (χ1) is 43.0. The maximum absolute atomic E-state index is 10.7. The van der Waals surface area contributed by atoms with Crippen LogP contribution in [0, 0.1) is 0 Å². The molecule has 1 aliphatic heterocycles. The number of rotatable bonds is 31. The molecule has 1 saturated heterocycles. The quantitative estimate of drug-likeness (QED) is 0.0175. The van der Waals surface area contributed by atoms with Gasteiger partial charge < -0.3 is 56.8 Å². The summed E-state index contributed by atoms with van der Waals surface area (Å²) >= 11 is 0. The van der Waals surface area contributed by atoms with Gasteiger partial charge in [0, 0.05) is 4.91 Å². The molecular weight excluding hydrogens is 1100 g/mol. The Morgan fingerprint density at radius 2 is 0.782 bits per heavy atom. The molecule has 1 saturated carbocycles. The minimum absolute atomic E-state index is 0.0478. The van der Waals surface area contributed by atoms with Gasteiger partial charge in [0.2, 0.25) is 0 Å². The van der Waals surface area contributed by atoms with Gasteiger partial charge in [-0.3, -0.25) is 0 Å². The van der Waals surface area contributed by atoms with Crippen molar-refractivity contribution in [3.05, 3.63) is 286 Å². The average Bonchev–Trinajstić information content (AvgIpc) is 1.13. The first-order valence-corrected chi connectivity index (χ1v) is 29.4. The summed E-state index contributed by atoms with van der Waals surface area (Å²) in [7, 11) is 3.24. The van der Waals surface area contributed by atoms with Crippen molar-refractivity contribution in [2.24, 2.45) is 5.11 Å². The second kappa shape index (κ2) is 32.7. The van der Waals surface area contributed by atoms with Gasteiger partial charge in [0.15, 0.2) is 17.8 Å². The molecule has 15 heteroatoms. The fourth-order valence-corrected chi connectivity index (χ4v) is 11.0. The molecular formula is C72H75N3O12. The van der Waals surface area contributed by atoms with Crippen molar-refractivity contribution < 1.29 is 56.8 Å². The van der Waals surface area contributed by atoms with Gasteiger partial charge in [-0.25, -0.2) is 0 Å². The zero-order valence-corrected chi connectivity index (χ0v) is 49.1. The molecule has 0 amide bonds. The van der Waals surface area contributed by atoms with E-state index in [1.807, 2.05) is 224 Å². The molecule has 1 aliphatic carbocycles. The van der Waals surface area contributed by atoms with Crippen molar-refractivity contribution in [3.8, 4) is 22.6 Å². The fraction of sp³-hybridized carbons (Fsp3) is 0.306. The minimum Gasteiger partial charge on any atom is -0.493 e. The molecule has 87 heavy (non-hydrogen) atoms. The van der Waals surface area contributed by atoms with Crippen LogP contribution >= 0.6 is 0 Å². The smallest absolute Gasteiger partial charge is 0.169 e. The van der Waals surface area contributed by atoms with Crippen LogP contribution in [0.2, 0.25) is 0 Å². The molecule has 8 aromatic rings. The third kappa shape index (κ3) is 17.2. The molecule has 0 spiro atoms. The van der Waals surface area contributed by atoms with Gasteiger partial charge in [-0.1, -0.05) is 224 Å². The summed E-state index contributed by atoms with van der Waals surface area (Å²) in [5.41, 5.74) is 19.0. The molecule has 1 heterocycles. The molecule has 0 radical (unpaired) electrons. The van der Waals surface area contributed by atoms with Crippen molar-refractivity contribution in [1.82, 2.24) is 0 Å². The van der Waals surface area contributed by atoms with Gasteiger partial charge in [-0.15, -0.1) is 6.58 Å². The van der Waals surface area contributed by atoms with Gasteiger partial charge in [0.1, 0.15) is 61.0 Å². The lowest BCUT2D eigenvalue weighted by Gasteiger charge is -2.52. The first kappa shape index (κ1) is 62.1. The number of methoxy groups -OCH3 is 2. The van der Waals surface area contributed by atoms with Crippen LogP contribution in [0.1, 0.15) is 38.9 Å². The zero-order valence-electron chi connectivity index (χ0n) is 49.1. The lowest BCUT2D eigenvalue weighted by atomic mass is 9.83. The highest BCUT2D eigenvalue weighted by molar-refractivity contribution is 5.67. The van der Waals surface area contributed by atoms with E-state index in [-0.39, 0.29) is 59.5 Å². The Kier molecular flexibility index (Phi) is 23.3. The SMILES string of the molecule is C=CCO[C@@H]1[C@H](OCc2ccc(-c3ccc(OC)c(OC)c3)cc2)[C@H](OCc2ccccc2)[C@@H](OCc2ccccc2)[C@H](OCc2ccccc2)[C@H]1O[C@H]1O[C@H](COCc2ccccc2)[C@@H](OCc2ccccc2)[C@H](OCc2ccccc2)[C@H]1N=[N+]=[N-]. The maximum atomic E-state index is 10.7. The summed E-state index contributed by atoms with van der Waals surface area (Å²) in [6.45, 7) is 5.49. The molecule has 10 rings (SSSR count). The lowest BCUT2D eigenvalue weighted by molar-refractivity contribution is -0.341. The third-order valence-corrected chi connectivity index (χ3v) is 15.4. The zero-order chi connectivity index (χ0) is 59.8. The summed E-state index contributed by atoms with van der Waals surface area (Å²) in [5, 5.41) is 4.50. The number of hydrogen-bond donors (Lipinski definition) is 0. The van der Waals surface area contributed by atoms with E-state index >= 15 is 0 Å². The largest absolute Gasteiger partial charge is 0.493 e. The van der Waals surface area contributed by atoms with E-state index in [4.69, 9.17) is 56.8 Å². The second-order valence-corrected chi connectivity index (χ2v) is 21.3. The highest BCUT2D eigenvalue weighted by Gasteiger charge is 2.58. The van der Waals surface area contributed by atoms with E-state index in [1.54, 1.807) is 20.3 Å². The number of hydrogen-bond acceptors (Lipinski definition) is 13. The fourth-order valence-electron chi connectivity index (χ4n) is 11.0. The predicted molar refractivity (Wildman–Crippen MR) is 331 cm³/mol. The Balaban J connectivity index is 1.07. The number of azide groups is 1. The predicted octanol–water partition coefficient (Wildman–Crippen LogP) is 13.8. The summed E-state index contributed by atoms with van der Waals surface area (Å²) < 4.78 is 82.3. The van der Waals surface area contributed by atoms with Gasteiger partial charge in [0.25, 0.3) is 0 Å². The normalized spacial score (nSPS) is 22.6. The topological polar surface area (TPSA) is 160 Å². The molecule has 11 atom stereocenters.